The lowest BCUT2D eigenvalue weighted by molar-refractivity contribution is -0.138. The van der Waals surface area contributed by atoms with Gasteiger partial charge in [0.05, 0.1) is 16.5 Å². The Balaban J connectivity index is 1.25. The summed E-state index contributed by atoms with van der Waals surface area (Å²) in [6.07, 6.45) is -10.1. The van der Waals surface area contributed by atoms with Gasteiger partial charge >= 0.3 is 12.4 Å². The highest BCUT2D eigenvalue weighted by molar-refractivity contribution is 6.18. The third-order valence-corrected chi connectivity index (χ3v) is 9.89. The number of hydrogen-bond donors (Lipinski definition) is 1. The molecule has 10 heteroatoms. The molecule has 1 N–H and O–H groups in total. The maximum atomic E-state index is 13.5. The van der Waals surface area contributed by atoms with Gasteiger partial charge in [-0.25, -0.2) is 9.98 Å². The summed E-state index contributed by atoms with van der Waals surface area (Å²) in [5.74, 6) is 2.04. The fourth-order valence-corrected chi connectivity index (χ4v) is 7.64. The van der Waals surface area contributed by atoms with E-state index in [4.69, 9.17) is 14.7 Å². The molecular weight excluding hydrogens is 676 g/mol. The van der Waals surface area contributed by atoms with Crippen LogP contribution < -0.4 is 10.1 Å². The number of rotatable bonds is 3. The van der Waals surface area contributed by atoms with Crippen molar-refractivity contribution < 1.29 is 31.1 Å². The number of ether oxygens (including phenoxy) is 1. The van der Waals surface area contributed by atoms with E-state index in [0.717, 1.165) is 69.1 Å². The zero-order valence-corrected chi connectivity index (χ0v) is 26.9. The molecule has 0 aromatic heterocycles. The zero-order chi connectivity index (χ0) is 35.8. The molecule has 52 heavy (non-hydrogen) atoms. The number of para-hydroxylation sites is 2. The molecule has 0 radical (unpaired) electrons. The number of halogens is 6. The first kappa shape index (κ1) is 31.8. The smallest absolute Gasteiger partial charge is 0.416 e. The Bertz CT molecular complexity index is 2400. The normalized spacial score (nSPS) is 16.8. The van der Waals surface area contributed by atoms with Crippen LogP contribution in [-0.2, 0) is 17.8 Å². The summed E-state index contributed by atoms with van der Waals surface area (Å²) in [6, 6.07) is 39.1. The van der Waals surface area contributed by atoms with E-state index < -0.39 is 35.1 Å². The number of fused-ring (bicyclic) bond motifs is 9. The van der Waals surface area contributed by atoms with Gasteiger partial charge in [0.2, 0.25) is 0 Å². The van der Waals surface area contributed by atoms with Crippen LogP contribution >= 0.6 is 0 Å². The van der Waals surface area contributed by atoms with Crippen LogP contribution in [0.5, 0.6) is 11.5 Å². The van der Waals surface area contributed by atoms with Crippen molar-refractivity contribution in [3.8, 4) is 22.6 Å². The highest BCUT2D eigenvalue weighted by Gasteiger charge is 2.51. The zero-order valence-electron chi connectivity index (χ0n) is 26.9. The van der Waals surface area contributed by atoms with Gasteiger partial charge in [0.25, 0.3) is 0 Å². The minimum Gasteiger partial charge on any atom is -0.457 e. The second kappa shape index (κ2) is 11.4. The van der Waals surface area contributed by atoms with Crippen LogP contribution in [0.1, 0.15) is 56.2 Å². The molecule has 1 unspecified atom stereocenters. The molecule has 4 nitrogen and oxygen atoms in total. The van der Waals surface area contributed by atoms with E-state index in [9.17, 15) is 26.3 Å². The van der Waals surface area contributed by atoms with E-state index in [1.807, 2.05) is 60.7 Å². The van der Waals surface area contributed by atoms with Gasteiger partial charge in [0.15, 0.2) is 6.17 Å². The molecule has 256 valence electrons. The molecule has 1 aliphatic carbocycles. The van der Waals surface area contributed by atoms with E-state index in [2.05, 4.69) is 35.6 Å². The minimum absolute atomic E-state index is 0.226. The minimum atomic E-state index is -4.54. The summed E-state index contributed by atoms with van der Waals surface area (Å²) in [4.78, 5) is 9.65. The summed E-state index contributed by atoms with van der Waals surface area (Å²) in [7, 11) is 0. The largest absolute Gasteiger partial charge is 0.457 e. The third-order valence-electron chi connectivity index (χ3n) is 9.89. The highest BCUT2D eigenvalue weighted by Crippen LogP contribution is 2.62. The Morgan fingerprint density at radius 1 is 0.500 bits per heavy atom. The van der Waals surface area contributed by atoms with Crippen molar-refractivity contribution in [1.29, 1.82) is 0 Å². The van der Waals surface area contributed by atoms with Crippen molar-refractivity contribution in [2.24, 2.45) is 9.98 Å². The van der Waals surface area contributed by atoms with Crippen molar-refractivity contribution in [2.45, 2.75) is 23.9 Å². The average Bonchev–Trinajstić information content (AvgIpc) is 3.45. The Morgan fingerprint density at radius 3 is 1.62 bits per heavy atom. The Hall–Kier alpha value is -6.16. The van der Waals surface area contributed by atoms with Crippen LogP contribution in [0.2, 0.25) is 0 Å². The standard InChI is InChI=1S/C42H25F6N3O/c43-41(44,45)26-20-16-24(17-21-26)37-49-38(25-18-22-27(23-19-25)42(46,47)48)51-39(50-37)29-9-7-13-33-36(29)28-8-1-2-10-30(28)40(33)31-11-3-5-14-34(31)52-35-15-6-4-12-32(35)40/h1-23,37H,(H,49,50,51). The lowest BCUT2D eigenvalue weighted by Crippen LogP contribution is -2.36. The first-order valence-corrected chi connectivity index (χ1v) is 16.4. The quantitative estimate of drug-likeness (QED) is 0.186. The summed E-state index contributed by atoms with van der Waals surface area (Å²) < 4.78 is 87.3. The Kier molecular flexibility index (Phi) is 6.99. The number of hydrogen-bond acceptors (Lipinski definition) is 4. The topological polar surface area (TPSA) is 46.0 Å². The number of alkyl halides is 6. The van der Waals surface area contributed by atoms with Crippen molar-refractivity contribution >= 4 is 11.7 Å². The predicted octanol–water partition coefficient (Wildman–Crippen LogP) is 10.7. The van der Waals surface area contributed by atoms with Gasteiger partial charge in [-0.1, -0.05) is 103 Å². The highest BCUT2D eigenvalue weighted by atomic mass is 19.4. The third kappa shape index (κ3) is 4.85. The van der Waals surface area contributed by atoms with Gasteiger partial charge in [-0.3, -0.25) is 0 Å². The summed E-state index contributed by atoms with van der Waals surface area (Å²) in [5.41, 5.74) is 4.81. The molecule has 6 aromatic rings. The van der Waals surface area contributed by atoms with E-state index in [-0.39, 0.29) is 5.84 Å². The first-order chi connectivity index (χ1) is 25.0. The lowest BCUT2D eigenvalue weighted by atomic mass is 9.66. The second-order valence-corrected chi connectivity index (χ2v) is 12.8. The SMILES string of the molecule is FC(F)(F)c1ccc(C2=NC(c3ccc(C(F)(F)F)cc3)N=C(c3cccc4c3-c3ccccc3C43c4ccccc4Oc4ccccc43)N2)cc1. The molecular formula is C42H25F6N3O. The molecule has 0 bridgehead atoms. The van der Waals surface area contributed by atoms with E-state index >= 15 is 0 Å². The van der Waals surface area contributed by atoms with Crippen LogP contribution in [0.15, 0.2) is 150 Å². The van der Waals surface area contributed by atoms with Gasteiger partial charge in [-0.2, -0.15) is 26.3 Å². The molecule has 0 saturated heterocycles. The molecule has 2 aliphatic heterocycles. The van der Waals surface area contributed by atoms with Gasteiger partial charge in [-0.05, 0) is 64.2 Å². The fraction of sp³-hybridized carbons (Fsp3) is 0.0952. The summed E-state index contributed by atoms with van der Waals surface area (Å²) >= 11 is 0. The monoisotopic (exact) mass is 701 g/mol. The van der Waals surface area contributed by atoms with E-state index in [1.165, 1.54) is 24.3 Å². The van der Waals surface area contributed by atoms with Crippen LogP contribution in [0.25, 0.3) is 11.1 Å². The molecule has 1 atom stereocenters. The first-order valence-electron chi connectivity index (χ1n) is 16.4. The molecule has 0 fully saturated rings. The molecule has 6 aromatic carbocycles. The molecule has 3 aliphatic rings. The lowest BCUT2D eigenvalue weighted by Gasteiger charge is -2.39. The van der Waals surface area contributed by atoms with Crippen molar-refractivity contribution in [3.05, 3.63) is 190 Å². The predicted molar refractivity (Wildman–Crippen MR) is 186 cm³/mol. The van der Waals surface area contributed by atoms with Crippen molar-refractivity contribution in [3.63, 3.8) is 0 Å². The molecule has 0 saturated carbocycles. The van der Waals surface area contributed by atoms with Crippen molar-refractivity contribution in [1.82, 2.24) is 5.32 Å². The van der Waals surface area contributed by atoms with Crippen LogP contribution in [0.3, 0.4) is 0 Å². The van der Waals surface area contributed by atoms with Gasteiger partial charge < -0.3 is 10.1 Å². The number of benzene rings is 6. The number of nitrogens with one attached hydrogen (secondary N) is 1. The van der Waals surface area contributed by atoms with Gasteiger partial charge in [0, 0.05) is 22.3 Å². The fourth-order valence-electron chi connectivity index (χ4n) is 7.64. The molecule has 0 amide bonds. The summed E-state index contributed by atoms with van der Waals surface area (Å²) in [6.45, 7) is 0. The Morgan fingerprint density at radius 2 is 1.00 bits per heavy atom. The maximum absolute atomic E-state index is 13.5. The number of amidine groups is 2. The Labute approximate surface area is 293 Å². The summed E-state index contributed by atoms with van der Waals surface area (Å²) in [5, 5.41) is 3.28. The molecule has 2 heterocycles. The number of nitrogens with zero attached hydrogens (tertiary/aromatic N) is 2. The van der Waals surface area contributed by atoms with Gasteiger partial charge in [0.1, 0.15) is 23.2 Å². The number of aliphatic imine (C=N–C) groups is 2. The molecule has 9 rings (SSSR count). The van der Waals surface area contributed by atoms with Crippen molar-refractivity contribution in [2.75, 3.05) is 0 Å². The van der Waals surface area contributed by atoms with Gasteiger partial charge in [-0.15, -0.1) is 0 Å². The molecule has 1 spiro atoms. The van der Waals surface area contributed by atoms with Crippen LogP contribution in [-0.4, -0.2) is 11.7 Å². The van der Waals surface area contributed by atoms with Crippen LogP contribution in [0, 0.1) is 0 Å². The average molecular weight is 702 g/mol. The second-order valence-electron chi connectivity index (χ2n) is 12.8. The maximum Gasteiger partial charge on any atom is 0.416 e. The van der Waals surface area contributed by atoms with E-state index in [0.29, 0.717) is 22.5 Å². The van der Waals surface area contributed by atoms with E-state index in [1.54, 1.807) is 0 Å². The van der Waals surface area contributed by atoms with Crippen LogP contribution in [0.4, 0.5) is 26.3 Å².